The van der Waals surface area contributed by atoms with Gasteiger partial charge in [0.1, 0.15) is 6.33 Å². The number of piperazine rings is 1. The summed E-state index contributed by atoms with van der Waals surface area (Å²) < 4.78 is 40.1. The lowest BCUT2D eigenvalue weighted by molar-refractivity contribution is -0.189. The summed E-state index contributed by atoms with van der Waals surface area (Å²) in [6.07, 6.45) is -2.80. The molecule has 6 rings (SSSR count). The molecule has 0 spiro atoms. The molecule has 4 heterocycles. The number of amides is 3. The normalized spacial score (nSPS) is 24.9. The molecule has 0 radical (unpaired) electrons. The molecular formula is C28H27ClF3N5O3S. The molecule has 2 aromatic heterocycles. The highest BCUT2D eigenvalue weighted by atomic mass is 35.5. The molecule has 2 unspecified atom stereocenters. The summed E-state index contributed by atoms with van der Waals surface area (Å²) in [5, 5.41) is 0.513. The Hall–Kier alpha value is -3.09. The van der Waals surface area contributed by atoms with Crippen molar-refractivity contribution < 1.29 is 27.6 Å². The first kappa shape index (κ1) is 28.0. The summed E-state index contributed by atoms with van der Waals surface area (Å²) >= 11 is 7.92. The van der Waals surface area contributed by atoms with Gasteiger partial charge < -0.3 is 4.90 Å². The zero-order valence-corrected chi connectivity index (χ0v) is 24.1. The number of benzene rings is 1. The van der Waals surface area contributed by atoms with Crippen LogP contribution in [0, 0.1) is 18.8 Å². The molecule has 41 heavy (non-hydrogen) atoms. The van der Waals surface area contributed by atoms with Crippen LogP contribution in [0.25, 0.3) is 21.5 Å². The Bertz CT molecular complexity index is 1560. The second-order valence-electron chi connectivity index (χ2n) is 11.2. The lowest BCUT2D eigenvalue weighted by Crippen LogP contribution is -2.59. The largest absolute Gasteiger partial charge is 0.471 e. The van der Waals surface area contributed by atoms with Crippen LogP contribution in [0.3, 0.4) is 0 Å². The van der Waals surface area contributed by atoms with Crippen LogP contribution in [0.5, 0.6) is 0 Å². The van der Waals surface area contributed by atoms with Crippen LogP contribution >= 0.6 is 22.9 Å². The molecule has 1 aromatic carbocycles. The summed E-state index contributed by atoms with van der Waals surface area (Å²) in [7, 11) is 0. The molecular weight excluding hydrogens is 579 g/mol. The summed E-state index contributed by atoms with van der Waals surface area (Å²) in [6, 6.07) is 4.88. The first-order chi connectivity index (χ1) is 19.3. The number of carbonyl (C=O) groups excluding carboxylic acids is 3. The van der Waals surface area contributed by atoms with Crippen molar-refractivity contribution in [3.63, 3.8) is 0 Å². The number of rotatable bonds is 5. The molecule has 0 N–H and O–H groups in total. The number of nitrogens with zero attached hydrogens (tertiary/aromatic N) is 5. The molecule has 8 nitrogen and oxygen atoms in total. The van der Waals surface area contributed by atoms with Crippen molar-refractivity contribution in [1.82, 2.24) is 24.7 Å². The number of piperidine rings is 1. The molecule has 3 aromatic rings. The van der Waals surface area contributed by atoms with E-state index in [1.165, 1.54) is 22.6 Å². The average Bonchev–Trinajstić information content (AvgIpc) is 3.53. The highest BCUT2D eigenvalue weighted by Crippen LogP contribution is 2.48. The summed E-state index contributed by atoms with van der Waals surface area (Å²) in [5.74, 6) is -2.37. The topological polar surface area (TPSA) is 86.7 Å². The standard InChI is InChI=1S/C28H27ClF3N5O3S/c1-13-4-16(29)5-18(21(13)11-36-14(2)8-35(9-15(36)3)27(40)28(30,31)32)23-24-22(33-12-34-23)6-17(41-24)10-37-25(38)19-7-20(19)26(37)39/h4-6,12,14-15,19-20H,7-11H2,1-3H3/t14-,15-,19?,20?/m0/s1. The second-order valence-corrected chi connectivity index (χ2v) is 12.8. The van der Waals surface area contributed by atoms with Gasteiger partial charge in [0.05, 0.1) is 34.3 Å². The highest BCUT2D eigenvalue weighted by molar-refractivity contribution is 7.19. The van der Waals surface area contributed by atoms with Crippen molar-refractivity contribution in [1.29, 1.82) is 0 Å². The lowest BCUT2D eigenvalue weighted by atomic mass is 9.96. The van der Waals surface area contributed by atoms with E-state index in [9.17, 15) is 27.6 Å². The van der Waals surface area contributed by atoms with E-state index < -0.39 is 12.1 Å². The van der Waals surface area contributed by atoms with Crippen LogP contribution in [0.2, 0.25) is 5.02 Å². The third-order valence-electron chi connectivity index (χ3n) is 8.30. The van der Waals surface area contributed by atoms with Crippen LogP contribution in [0.1, 0.15) is 36.3 Å². The van der Waals surface area contributed by atoms with Gasteiger partial charge in [-0.15, -0.1) is 11.3 Å². The average molecular weight is 606 g/mol. The van der Waals surface area contributed by atoms with Crippen LogP contribution in [-0.2, 0) is 27.5 Å². The Morgan fingerprint density at radius 3 is 2.34 bits per heavy atom. The molecule has 13 heteroatoms. The predicted octanol–water partition coefficient (Wildman–Crippen LogP) is 4.81. The molecule has 2 saturated heterocycles. The number of alkyl halides is 3. The number of carbonyl (C=O) groups is 3. The number of halogens is 4. The van der Waals surface area contributed by atoms with E-state index in [0.29, 0.717) is 29.2 Å². The fraction of sp³-hybridized carbons (Fsp3) is 0.464. The van der Waals surface area contributed by atoms with E-state index in [-0.39, 0.29) is 55.4 Å². The van der Waals surface area contributed by atoms with Crippen LogP contribution < -0.4 is 0 Å². The number of hydrogen-bond donors (Lipinski definition) is 0. The fourth-order valence-corrected chi connectivity index (χ4v) is 7.50. The van der Waals surface area contributed by atoms with Gasteiger partial charge in [-0.05, 0) is 56.5 Å². The second kappa shape index (κ2) is 10.0. The minimum Gasteiger partial charge on any atom is -0.332 e. The Balaban J connectivity index is 1.31. The van der Waals surface area contributed by atoms with Crippen molar-refractivity contribution >= 4 is 50.9 Å². The van der Waals surface area contributed by atoms with Crippen molar-refractivity contribution in [2.45, 2.75) is 58.5 Å². The van der Waals surface area contributed by atoms with Gasteiger partial charge in [0.25, 0.3) is 0 Å². The number of hydrogen-bond acceptors (Lipinski definition) is 7. The Kier molecular flexibility index (Phi) is 6.86. The zero-order chi connectivity index (χ0) is 29.4. The maximum absolute atomic E-state index is 13.1. The number of fused-ring (bicyclic) bond motifs is 2. The number of aryl methyl sites for hydroxylation is 1. The van der Waals surface area contributed by atoms with Crippen molar-refractivity contribution in [3.05, 3.63) is 45.6 Å². The first-order valence-corrected chi connectivity index (χ1v) is 14.5. The van der Waals surface area contributed by atoms with Gasteiger partial charge in [-0.25, -0.2) is 9.97 Å². The Morgan fingerprint density at radius 1 is 1.05 bits per heavy atom. The predicted molar refractivity (Wildman–Crippen MR) is 147 cm³/mol. The van der Waals surface area contributed by atoms with Crippen LogP contribution in [0.15, 0.2) is 24.5 Å². The molecule has 4 atom stereocenters. The third-order valence-corrected chi connectivity index (χ3v) is 9.63. The molecule has 216 valence electrons. The molecule has 1 saturated carbocycles. The Morgan fingerprint density at radius 2 is 1.71 bits per heavy atom. The van der Waals surface area contributed by atoms with Crippen LogP contribution in [-0.4, -0.2) is 73.7 Å². The summed E-state index contributed by atoms with van der Waals surface area (Å²) in [5.41, 5.74) is 3.93. The van der Waals surface area contributed by atoms with Gasteiger partial charge in [-0.2, -0.15) is 13.2 Å². The van der Waals surface area contributed by atoms with Gasteiger partial charge in [-0.3, -0.25) is 24.2 Å². The maximum Gasteiger partial charge on any atom is 0.471 e. The number of thiophene rings is 1. The molecule has 1 aliphatic carbocycles. The van der Waals surface area contributed by atoms with Gasteiger partial charge in [0, 0.05) is 47.2 Å². The quantitative estimate of drug-likeness (QED) is 0.388. The van der Waals surface area contributed by atoms with E-state index in [4.69, 9.17) is 11.6 Å². The maximum atomic E-state index is 13.1. The number of imide groups is 1. The van der Waals surface area contributed by atoms with Gasteiger partial charge in [0.15, 0.2) is 0 Å². The van der Waals surface area contributed by atoms with E-state index >= 15 is 0 Å². The van der Waals surface area contributed by atoms with Crippen molar-refractivity contribution in [2.24, 2.45) is 11.8 Å². The molecule has 2 aliphatic heterocycles. The lowest BCUT2D eigenvalue weighted by Gasteiger charge is -2.45. The fourth-order valence-electron chi connectivity index (χ4n) is 6.13. The van der Waals surface area contributed by atoms with Crippen molar-refractivity contribution in [3.8, 4) is 11.3 Å². The molecule has 3 fully saturated rings. The van der Waals surface area contributed by atoms with Gasteiger partial charge in [-0.1, -0.05) is 11.6 Å². The van der Waals surface area contributed by atoms with Gasteiger partial charge >= 0.3 is 12.1 Å². The van der Waals surface area contributed by atoms with E-state index in [2.05, 4.69) is 14.9 Å². The van der Waals surface area contributed by atoms with Crippen molar-refractivity contribution in [2.75, 3.05) is 13.1 Å². The highest BCUT2D eigenvalue weighted by Gasteiger charge is 2.58. The molecule has 3 aliphatic rings. The minimum atomic E-state index is -4.91. The number of aromatic nitrogens is 2. The molecule has 3 amide bonds. The minimum absolute atomic E-state index is 0.0354. The third kappa shape index (κ3) is 4.99. The first-order valence-electron chi connectivity index (χ1n) is 13.3. The van der Waals surface area contributed by atoms with E-state index in [1.807, 2.05) is 39.0 Å². The Labute approximate surface area is 243 Å². The van der Waals surface area contributed by atoms with E-state index in [0.717, 1.165) is 31.2 Å². The zero-order valence-electron chi connectivity index (χ0n) is 22.5. The summed E-state index contributed by atoms with van der Waals surface area (Å²) in [4.78, 5) is 51.1. The van der Waals surface area contributed by atoms with Gasteiger partial charge in [0.2, 0.25) is 11.8 Å². The monoisotopic (exact) mass is 605 g/mol. The summed E-state index contributed by atoms with van der Waals surface area (Å²) in [6.45, 7) is 6.10. The SMILES string of the molecule is Cc1cc(Cl)cc(-c2ncnc3cc(CN4C(=O)C5CC5C4=O)sc23)c1CN1[C@@H](C)CN(C(=O)C(F)(F)F)C[C@@H]1C. The molecule has 0 bridgehead atoms. The van der Waals surface area contributed by atoms with Crippen LogP contribution in [0.4, 0.5) is 13.2 Å². The van der Waals surface area contributed by atoms with E-state index in [1.54, 1.807) is 0 Å². The smallest absolute Gasteiger partial charge is 0.332 e. The number of likely N-dealkylation sites (tertiary alicyclic amines) is 1.